The zero-order valence-electron chi connectivity index (χ0n) is 9.81. The van der Waals surface area contributed by atoms with Crippen LogP contribution in [0.1, 0.15) is 23.5 Å². The Bertz CT molecular complexity index is 546. The summed E-state index contributed by atoms with van der Waals surface area (Å²) < 4.78 is 2.23. The predicted octanol–water partition coefficient (Wildman–Crippen LogP) is 2.67. The highest BCUT2D eigenvalue weighted by molar-refractivity contribution is 5.85. The summed E-state index contributed by atoms with van der Waals surface area (Å²) in [6.45, 7) is 2.09. The Morgan fingerprint density at radius 3 is 2.94 bits per heavy atom. The number of nitrogen functional groups attached to an aromatic ring is 1. The maximum Gasteiger partial charge on any atom is 0.113 e. The van der Waals surface area contributed by atoms with Gasteiger partial charge in [0.15, 0.2) is 0 Å². The largest absolute Gasteiger partial charge is 0.399 e. The Morgan fingerprint density at radius 1 is 1.29 bits per heavy atom. The Morgan fingerprint density at radius 2 is 2.12 bits per heavy atom. The van der Waals surface area contributed by atoms with Gasteiger partial charge in [0.1, 0.15) is 5.82 Å². The molecule has 1 aromatic carbocycles. The van der Waals surface area contributed by atoms with Crippen molar-refractivity contribution in [3.8, 4) is 5.69 Å². The number of benzene rings is 1. The highest BCUT2D eigenvalue weighted by atomic mass is 35.5. The maximum absolute atomic E-state index is 5.88. The van der Waals surface area contributed by atoms with Crippen molar-refractivity contribution in [3.05, 3.63) is 41.5 Å². The molecule has 90 valence electrons. The molecule has 1 aliphatic heterocycles. The molecule has 0 fully saturated rings. The molecule has 0 saturated carbocycles. The van der Waals surface area contributed by atoms with Crippen LogP contribution >= 0.6 is 12.4 Å². The average molecular weight is 250 g/mol. The lowest BCUT2D eigenvalue weighted by Crippen LogP contribution is -2.03. The van der Waals surface area contributed by atoms with E-state index in [-0.39, 0.29) is 12.4 Å². The first-order valence-electron chi connectivity index (χ1n) is 5.68. The topological polar surface area (TPSA) is 43.8 Å². The van der Waals surface area contributed by atoms with Gasteiger partial charge in [-0.15, -0.1) is 12.4 Å². The van der Waals surface area contributed by atoms with E-state index in [4.69, 9.17) is 5.73 Å². The van der Waals surface area contributed by atoms with Gasteiger partial charge in [-0.25, -0.2) is 4.98 Å². The summed E-state index contributed by atoms with van der Waals surface area (Å²) in [6, 6.07) is 6.17. The van der Waals surface area contributed by atoms with Gasteiger partial charge in [0.2, 0.25) is 0 Å². The Balaban J connectivity index is 0.00000108. The van der Waals surface area contributed by atoms with Crippen molar-refractivity contribution in [3.63, 3.8) is 0 Å². The third-order valence-corrected chi connectivity index (χ3v) is 3.21. The predicted molar refractivity (Wildman–Crippen MR) is 72.0 cm³/mol. The van der Waals surface area contributed by atoms with Gasteiger partial charge in [-0.3, -0.25) is 0 Å². The van der Waals surface area contributed by atoms with Crippen molar-refractivity contribution >= 4 is 18.1 Å². The van der Waals surface area contributed by atoms with E-state index >= 15 is 0 Å². The van der Waals surface area contributed by atoms with Crippen LogP contribution in [0.25, 0.3) is 5.69 Å². The standard InChI is InChI=1S/C13H15N3.ClH/c1-9-8-15-13-4-2-3-10-5-6-11(14)7-12(10)16(9)13;/h5-8H,2-4,14H2,1H3;1H. The Labute approximate surface area is 107 Å². The van der Waals surface area contributed by atoms with Crippen LogP contribution < -0.4 is 5.73 Å². The molecule has 0 spiro atoms. The molecule has 3 nitrogen and oxygen atoms in total. The summed E-state index contributed by atoms with van der Waals surface area (Å²) >= 11 is 0. The first kappa shape index (κ1) is 12.0. The van der Waals surface area contributed by atoms with Gasteiger partial charge in [-0.1, -0.05) is 6.07 Å². The van der Waals surface area contributed by atoms with Gasteiger partial charge in [0.05, 0.1) is 5.69 Å². The van der Waals surface area contributed by atoms with E-state index in [0.717, 1.165) is 30.8 Å². The summed E-state index contributed by atoms with van der Waals surface area (Å²) in [5.74, 6) is 1.15. The number of halogens is 1. The molecule has 1 aliphatic rings. The van der Waals surface area contributed by atoms with Crippen LogP contribution in [-0.2, 0) is 12.8 Å². The minimum absolute atomic E-state index is 0. The van der Waals surface area contributed by atoms with Gasteiger partial charge >= 0.3 is 0 Å². The van der Waals surface area contributed by atoms with Crippen LogP contribution in [0.4, 0.5) is 5.69 Å². The molecule has 2 heterocycles. The van der Waals surface area contributed by atoms with Crippen molar-refractivity contribution in [2.24, 2.45) is 0 Å². The molecule has 0 radical (unpaired) electrons. The van der Waals surface area contributed by atoms with E-state index in [9.17, 15) is 0 Å². The molecule has 2 N–H and O–H groups in total. The minimum Gasteiger partial charge on any atom is -0.399 e. The first-order valence-corrected chi connectivity index (χ1v) is 5.68. The summed E-state index contributed by atoms with van der Waals surface area (Å²) in [4.78, 5) is 4.47. The van der Waals surface area contributed by atoms with Crippen LogP contribution in [0.3, 0.4) is 0 Å². The number of fused-ring (bicyclic) bond motifs is 3. The van der Waals surface area contributed by atoms with Crippen LogP contribution in [0.5, 0.6) is 0 Å². The van der Waals surface area contributed by atoms with Crippen LogP contribution in [-0.4, -0.2) is 9.55 Å². The lowest BCUT2D eigenvalue weighted by Gasteiger charge is -2.11. The van der Waals surface area contributed by atoms with E-state index in [1.807, 2.05) is 12.3 Å². The molecule has 0 unspecified atom stereocenters. The molecule has 0 amide bonds. The SMILES string of the molecule is Cc1cnc2n1-c1cc(N)ccc1CCC2.Cl. The number of hydrogen-bond donors (Lipinski definition) is 1. The molecular weight excluding hydrogens is 234 g/mol. The summed E-state index contributed by atoms with van der Waals surface area (Å²) in [5.41, 5.74) is 10.5. The van der Waals surface area contributed by atoms with E-state index < -0.39 is 0 Å². The second-order valence-corrected chi connectivity index (χ2v) is 4.39. The van der Waals surface area contributed by atoms with E-state index in [1.54, 1.807) is 0 Å². The maximum atomic E-state index is 5.88. The summed E-state index contributed by atoms with van der Waals surface area (Å²) in [5, 5.41) is 0. The molecular formula is C13H16ClN3. The molecule has 2 aromatic rings. The number of rotatable bonds is 0. The number of anilines is 1. The number of nitrogens with two attached hydrogens (primary N) is 1. The lowest BCUT2D eigenvalue weighted by atomic mass is 10.1. The minimum atomic E-state index is 0. The Kier molecular flexibility index (Phi) is 3.11. The fraction of sp³-hybridized carbons (Fsp3) is 0.308. The van der Waals surface area contributed by atoms with E-state index in [1.165, 1.54) is 16.9 Å². The van der Waals surface area contributed by atoms with E-state index in [0.29, 0.717) is 0 Å². The zero-order valence-corrected chi connectivity index (χ0v) is 10.6. The average Bonchev–Trinajstić information content (AvgIpc) is 2.53. The van der Waals surface area contributed by atoms with Crippen LogP contribution in [0, 0.1) is 6.92 Å². The monoisotopic (exact) mass is 249 g/mol. The number of nitrogens with zero attached hydrogens (tertiary/aromatic N) is 2. The van der Waals surface area contributed by atoms with Crippen molar-refractivity contribution in [2.75, 3.05) is 5.73 Å². The van der Waals surface area contributed by atoms with Gasteiger partial charge in [-0.05, 0) is 37.5 Å². The van der Waals surface area contributed by atoms with Crippen LogP contribution in [0.2, 0.25) is 0 Å². The van der Waals surface area contributed by atoms with Crippen LogP contribution in [0.15, 0.2) is 24.4 Å². The molecule has 0 aliphatic carbocycles. The van der Waals surface area contributed by atoms with E-state index in [2.05, 4.69) is 28.6 Å². The highest BCUT2D eigenvalue weighted by Crippen LogP contribution is 2.26. The second-order valence-electron chi connectivity index (χ2n) is 4.39. The fourth-order valence-corrected chi connectivity index (χ4v) is 2.43. The van der Waals surface area contributed by atoms with Gasteiger partial charge in [-0.2, -0.15) is 0 Å². The third kappa shape index (κ3) is 1.91. The molecule has 0 bridgehead atoms. The number of aryl methyl sites for hydroxylation is 3. The zero-order chi connectivity index (χ0) is 11.1. The number of imidazole rings is 1. The van der Waals surface area contributed by atoms with Gasteiger partial charge in [0, 0.05) is 24.0 Å². The number of aromatic nitrogens is 2. The molecule has 4 heteroatoms. The van der Waals surface area contributed by atoms with Crippen molar-refractivity contribution in [1.29, 1.82) is 0 Å². The third-order valence-electron chi connectivity index (χ3n) is 3.21. The smallest absolute Gasteiger partial charge is 0.113 e. The van der Waals surface area contributed by atoms with Gasteiger partial charge < -0.3 is 10.3 Å². The summed E-state index contributed by atoms with van der Waals surface area (Å²) in [7, 11) is 0. The van der Waals surface area contributed by atoms with Gasteiger partial charge in [0.25, 0.3) is 0 Å². The highest BCUT2D eigenvalue weighted by Gasteiger charge is 2.16. The lowest BCUT2D eigenvalue weighted by molar-refractivity contribution is 0.787. The van der Waals surface area contributed by atoms with Crippen molar-refractivity contribution in [1.82, 2.24) is 9.55 Å². The first-order chi connectivity index (χ1) is 7.75. The normalized spacial score (nSPS) is 13.2. The van der Waals surface area contributed by atoms with Crippen molar-refractivity contribution < 1.29 is 0 Å². The molecule has 17 heavy (non-hydrogen) atoms. The number of hydrogen-bond acceptors (Lipinski definition) is 2. The fourth-order valence-electron chi connectivity index (χ4n) is 2.43. The quantitative estimate of drug-likeness (QED) is 0.730. The molecule has 1 aromatic heterocycles. The second kappa shape index (κ2) is 4.41. The van der Waals surface area contributed by atoms with Crippen molar-refractivity contribution in [2.45, 2.75) is 26.2 Å². The summed E-state index contributed by atoms with van der Waals surface area (Å²) in [6.07, 6.45) is 5.25. The molecule has 0 saturated heterocycles. The molecule has 3 rings (SSSR count). The molecule has 0 atom stereocenters. The Hall–Kier alpha value is -1.48.